The SMILES string of the molecule is CN(CCOc1ccccc1Br)Cc1ccccc1. The summed E-state index contributed by atoms with van der Waals surface area (Å²) in [7, 11) is 2.11. The van der Waals surface area contributed by atoms with Gasteiger partial charge in [-0.2, -0.15) is 0 Å². The molecule has 19 heavy (non-hydrogen) atoms. The number of likely N-dealkylation sites (N-methyl/N-ethyl adjacent to an activating group) is 1. The van der Waals surface area contributed by atoms with Crippen LogP contribution in [0.25, 0.3) is 0 Å². The lowest BCUT2D eigenvalue weighted by molar-refractivity contribution is 0.232. The third-order valence-corrected chi connectivity index (χ3v) is 3.52. The molecule has 2 nitrogen and oxygen atoms in total. The van der Waals surface area contributed by atoms with E-state index in [0.717, 1.165) is 23.3 Å². The van der Waals surface area contributed by atoms with E-state index in [4.69, 9.17) is 4.74 Å². The largest absolute Gasteiger partial charge is 0.491 e. The summed E-state index contributed by atoms with van der Waals surface area (Å²) in [5, 5.41) is 0. The second kappa shape index (κ2) is 7.31. The zero-order chi connectivity index (χ0) is 13.5. The number of hydrogen-bond donors (Lipinski definition) is 0. The molecule has 0 aliphatic rings. The maximum Gasteiger partial charge on any atom is 0.133 e. The summed E-state index contributed by atoms with van der Waals surface area (Å²) in [4.78, 5) is 2.26. The van der Waals surface area contributed by atoms with Gasteiger partial charge < -0.3 is 4.74 Å². The highest BCUT2D eigenvalue weighted by atomic mass is 79.9. The number of halogens is 1. The third-order valence-electron chi connectivity index (χ3n) is 2.86. The molecule has 0 aromatic heterocycles. The van der Waals surface area contributed by atoms with Gasteiger partial charge in [0, 0.05) is 13.1 Å². The van der Waals surface area contributed by atoms with Crippen molar-refractivity contribution < 1.29 is 4.74 Å². The lowest BCUT2D eigenvalue weighted by Crippen LogP contribution is -2.23. The second-order valence-corrected chi connectivity index (χ2v) is 5.36. The van der Waals surface area contributed by atoms with Gasteiger partial charge in [0.2, 0.25) is 0 Å². The summed E-state index contributed by atoms with van der Waals surface area (Å²) in [6.07, 6.45) is 0. The molecular weight excluding hydrogens is 302 g/mol. The first-order valence-electron chi connectivity index (χ1n) is 6.35. The number of nitrogens with zero attached hydrogens (tertiary/aromatic N) is 1. The van der Waals surface area contributed by atoms with Crippen LogP contribution in [0, 0.1) is 0 Å². The van der Waals surface area contributed by atoms with Gasteiger partial charge in [-0.05, 0) is 40.7 Å². The smallest absolute Gasteiger partial charge is 0.133 e. The van der Waals surface area contributed by atoms with Gasteiger partial charge in [0.05, 0.1) is 4.47 Å². The van der Waals surface area contributed by atoms with Crippen molar-refractivity contribution in [3.05, 3.63) is 64.6 Å². The first kappa shape index (κ1) is 14.1. The molecule has 0 aliphatic heterocycles. The highest BCUT2D eigenvalue weighted by Gasteiger charge is 2.02. The van der Waals surface area contributed by atoms with Crippen LogP contribution in [-0.4, -0.2) is 25.1 Å². The summed E-state index contributed by atoms with van der Waals surface area (Å²) in [6, 6.07) is 18.4. The Hall–Kier alpha value is -1.32. The van der Waals surface area contributed by atoms with E-state index in [1.54, 1.807) is 0 Å². The molecule has 0 spiro atoms. The van der Waals surface area contributed by atoms with E-state index in [-0.39, 0.29) is 0 Å². The Morgan fingerprint density at radius 3 is 2.42 bits per heavy atom. The van der Waals surface area contributed by atoms with Gasteiger partial charge in [-0.3, -0.25) is 4.90 Å². The summed E-state index contributed by atoms with van der Waals surface area (Å²) in [5.41, 5.74) is 1.32. The van der Waals surface area contributed by atoms with Crippen LogP contribution in [0.3, 0.4) is 0 Å². The van der Waals surface area contributed by atoms with Crippen molar-refractivity contribution in [2.24, 2.45) is 0 Å². The standard InChI is InChI=1S/C16H18BrNO/c1-18(13-14-7-3-2-4-8-14)11-12-19-16-10-6-5-9-15(16)17/h2-10H,11-13H2,1H3. The van der Waals surface area contributed by atoms with Crippen LogP contribution in [0.15, 0.2) is 59.1 Å². The molecule has 0 heterocycles. The van der Waals surface area contributed by atoms with Gasteiger partial charge in [-0.25, -0.2) is 0 Å². The predicted molar refractivity (Wildman–Crippen MR) is 82.4 cm³/mol. The maximum absolute atomic E-state index is 5.76. The zero-order valence-corrected chi connectivity index (χ0v) is 12.6. The lowest BCUT2D eigenvalue weighted by Gasteiger charge is -2.17. The normalized spacial score (nSPS) is 10.7. The quantitative estimate of drug-likeness (QED) is 0.799. The Morgan fingerprint density at radius 2 is 1.68 bits per heavy atom. The molecule has 0 aliphatic carbocycles. The third kappa shape index (κ3) is 4.69. The summed E-state index contributed by atoms with van der Waals surface area (Å²) in [5.74, 6) is 0.899. The Balaban J connectivity index is 1.75. The fourth-order valence-corrected chi connectivity index (χ4v) is 2.25. The average Bonchev–Trinajstić information content (AvgIpc) is 2.42. The first-order valence-corrected chi connectivity index (χ1v) is 7.15. The molecule has 0 saturated carbocycles. The zero-order valence-electron chi connectivity index (χ0n) is 11.1. The number of hydrogen-bond acceptors (Lipinski definition) is 2. The van der Waals surface area contributed by atoms with E-state index in [9.17, 15) is 0 Å². The van der Waals surface area contributed by atoms with Crippen molar-refractivity contribution in [3.63, 3.8) is 0 Å². The number of benzene rings is 2. The molecule has 2 aromatic rings. The molecule has 0 saturated heterocycles. The van der Waals surface area contributed by atoms with Gasteiger partial charge in [0.25, 0.3) is 0 Å². The molecule has 0 N–H and O–H groups in total. The molecule has 100 valence electrons. The van der Waals surface area contributed by atoms with Crippen molar-refractivity contribution in [2.75, 3.05) is 20.2 Å². The van der Waals surface area contributed by atoms with E-state index < -0.39 is 0 Å². The average molecular weight is 320 g/mol. The van der Waals surface area contributed by atoms with E-state index >= 15 is 0 Å². The number of rotatable bonds is 6. The second-order valence-electron chi connectivity index (χ2n) is 4.50. The molecule has 0 fully saturated rings. The lowest BCUT2D eigenvalue weighted by atomic mass is 10.2. The summed E-state index contributed by atoms with van der Waals surface area (Å²) in [6.45, 7) is 2.53. The van der Waals surface area contributed by atoms with E-state index in [2.05, 4.69) is 52.1 Å². The van der Waals surface area contributed by atoms with E-state index in [1.807, 2.05) is 30.3 Å². The molecule has 0 unspecified atom stereocenters. The van der Waals surface area contributed by atoms with Crippen LogP contribution in [0.1, 0.15) is 5.56 Å². The molecular formula is C16H18BrNO. The van der Waals surface area contributed by atoms with E-state index in [0.29, 0.717) is 6.61 Å². The van der Waals surface area contributed by atoms with Crippen molar-refractivity contribution in [3.8, 4) is 5.75 Å². The molecule has 2 aromatic carbocycles. The highest BCUT2D eigenvalue weighted by molar-refractivity contribution is 9.10. The summed E-state index contributed by atoms with van der Waals surface area (Å²) < 4.78 is 6.76. The highest BCUT2D eigenvalue weighted by Crippen LogP contribution is 2.23. The first-order chi connectivity index (χ1) is 9.25. The minimum atomic E-state index is 0.686. The van der Waals surface area contributed by atoms with Crippen LogP contribution >= 0.6 is 15.9 Å². The Labute approximate surface area is 123 Å². The van der Waals surface area contributed by atoms with Gasteiger partial charge >= 0.3 is 0 Å². The topological polar surface area (TPSA) is 12.5 Å². The molecule has 0 bridgehead atoms. The van der Waals surface area contributed by atoms with Gasteiger partial charge in [0.15, 0.2) is 0 Å². The van der Waals surface area contributed by atoms with Crippen LogP contribution in [-0.2, 0) is 6.54 Å². The van der Waals surface area contributed by atoms with Crippen LogP contribution < -0.4 is 4.74 Å². The van der Waals surface area contributed by atoms with Crippen LogP contribution in [0.2, 0.25) is 0 Å². The Bertz CT molecular complexity index is 501. The predicted octanol–water partition coefficient (Wildman–Crippen LogP) is 3.96. The van der Waals surface area contributed by atoms with Crippen molar-refractivity contribution in [1.82, 2.24) is 4.90 Å². The Morgan fingerprint density at radius 1 is 1.00 bits per heavy atom. The number of ether oxygens (including phenoxy) is 1. The number of para-hydroxylation sites is 1. The summed E-state index contributed by atoms with van der Waals surface area (Å²) >= 11 is 3.48. The molecule has 3 heteroatoms. The fraction of sp³-hybridized carbons (Fsp3) is 0.250. The van der Waals surface area contributed by atoms with Crippen molar-refractivity contribution >= 4 is 15.9 Å². The van der Waals surface area contributed by atoms with Gasteiger partial charge in [-0.1, -0.05) is 42.5 Å². The Kier molecular flexibility index (Phi) is 5.43. The van der Waals surface area contributed by atoms with Gasteiger partial charge in [0.1, 0.15) is 12.4 Å². The van der Waals surface area contributed by atoms with E-state index in [1.165, 1.54) is 5.56 Å². The minimum Gasteiger partial charge on any atom is -0.491 e. The van der Waals surface area contributed by atoms with Crippen LogP contribution in [0.4, 0.5) is 0 Å². The monoisotopic (exact) mass is 319 g/mol. The van der Waals surface area contributed by atoms with Gasteiger partial charge in [-0.15, -0.1) is 0 Å². The van der Waals surface area contributed by atoms with Crippen LogP contribution in [0.5, 0.6) is 5.75 Å². The molecule has 0 radical (unpaired) electrons. The fourth-order valence-electron chi connectivity index (χ4n) is 1.85. The van der Waals surface area contributed by atoms with Crippen molar-refractivity contribution in [1.29, 1.82) is 0 Å². The molecule has 0 amide bonds. The molecule has 0 atom stereocenters. The maximum atomic E-state index is 5.76. The van der Waals surface area contributed by atoms with Crippen molar-refractivity contribution in [2.45, 2.75) is 6.54 Å². The minimum absolute atomic E-state index is 0.686. The molecule has 2 rings (SSSR count).